The normalized spacial score (nSPS) is 10.2. The monoisotopic (exact) mass is 316 g/mol. The lowest BCUT2D eigenvalue weighted by atomic mass is 9.99. The number of amides is 2. The van der Waals surface area contributed by atoms with Gasteiger partial charge in [0.1, 0.15) is 0 Å². The van der Waals surface area contributed by atoms with E-state index in [2.05, 4.69) is 5.32 Å². The van der Waals surface area contributed by atoms with Crippen LogP contribution in [0.4, 0.5) is 5.69 Å². The highest BCUT2D eigenvalue weighted by molar-refractivity contribution is 6.09. The maximum Gasteiger partial charge on any atom is 0.256 e. The Morgan fingerprint density at radius 3 is 2.25 bits per heavy atom. The van der Waals surface area contributed by atoms with Gasteiger partial charge in [0, 0.05) is 16.8 Å². The quantitative estimate of drug-likeness (QED) is 0.770. The Morgan fingerprint density at radius 1 is 0.792 bits per heavy atom. The van der Waals surface area contributed by atoms with Gasteiger partial charge in [0.2, 0.25) is 5.91 Å². The van der Waals surface area contributed by atoms with Crippen LogP contribution in [0.1, 0.15) is 20.7 Å². The Labute approximate surface area is 139 Å². The number of carbonyl (C=O) groups excluding carboxylic acids is 2. The van der Waals surface area contributed by atoms with Crippen LogP contribution in [-0.2, 0) is 0 Å². The van der Waals surface area contributed by atoms with Crippen molar-refractivity contribution in [3.63, 3.8) is 0 Å². The first-order chi connectivity index (χ1) is 11.6. The average Bonchev–Trinajstić information content (AvgIpc) is 2.62. The van der Waals surface area contributed by atoms with Crippen molar-refractivity contribution in [2.45, 2.75) is 0 Å². The average molecular weight is 316 g/mol. The van der Waals surface area contributed by atoms with Gasteiger partial charge >= 0.3 is 0 Å². The van der Waals surface area contributed by atoms with Crippen molar-refractivity contribution in [1.29, 1.82) is 0 Å². The van der Waals surface area contributed by atoms with E-state index in [-0.39, 0.29) is 5.91 Å². The smallest absolute Gasteiger partial charge is 0.256 e. The molecular weight excluding hydrogens is 300 g/mol. The summed E-state index contributed by atoms with van der Waals surface area (Å²) in [6.45, 7) is 0. The topological polar surface area (TPSA) is 72.2 Å². The van der Waals surface area contributed by atoms with Gasteiger partial charge < -0.3 is 11.1 Å². The van der Waals surface area contributed by atoms with Crippen molar-refractivity contribution in [3.8, 4) is 11.1 Å². The number of nitrogens with one attached hydrogen (secondary N) is 1. The second-order valence-corrected chi connectivity index (χ2v) is 5.31. The minimum Gasteiger partial charge on any atom is -0.366 e. The van der Waals surface area contributed by atoms with E-state index in [4.69, 9.17) is 5.73 Å². The lowest BCUT2D eigenvalue weighted by molar-refractivity contribution is 0.0996. The molecule has 4 nitrogen and oxygen atoms in total. The first kappa shape index (κ1) is 15.5. The van der Waals surface area contributed by atoms with Crippen molar-refractivity contribution in [3.05, 3.63) is 90.0 Å². The third kappa shape index (κ3) is 3.33. The zero-order chi connectivity index (χ0) is 16.9. The molecule has 3 rings (SSSR count). The molecule has 0 aromatic heterocycles. The Hall–Kier alpha value is -3.40. The number of anilines is 1. The van der Waals surface area contributed by atoms with Gasteiger partial charge in [0.05, 0.1) is 0 Å². The highest BCUT2D eigenvalue weighted by Crippen LogP contribution is 2.24. The lowest BCUT2D eigenvalue weighted by Crippen LogP contribution is -2.15. The summed E-state index contributed by atoms with van der Waals surface area (Å²) in [4.78, 5) is 23.9. The van der Waals surface area contributed by atoms with Crippen LogP contribution in [0.3, 0.4) is 0 Å². The molecule has 0 bridgehead atoms. The van der Waals surface area contributed by atoms with Crippen LogP contribution in [0.5, 0.6) is 0 Å². The molecule has 0 radical (unpaired) electrons. The fraction of sp³-hybridized carbons (Fsp3) is 0. The molecular formula is C20H16N2O2. The fourth-order valence-electron chi connectivity index (χ4n) is 2.50. The van der Waals surface area contributed by atoms with Crippen molar-refractivity contribution >= 4 is 17.5 Å². The van der Waals surface area contributed by atoms with Crippen LogP contribution < -0.4 is 11.1 Å². The molecule has 0 aliphatic carbocycles. The molecule has 3 N–H and O–H groups in total. The van der Waals surface area contributed by atoms with Gasteiger partial charge in [0.25, 0.3) is 5.91 Å². The number of nitrogens with two attached hydrogens (primary N) is 1. The molecule has 0 saturated carbocycles. The first-order valence-electron chi connectivity index (χ1n) is 7.51. The fourth-order valence-corrected chi connectivity index (χ4v) is 2.50. The molecule has 2 amide bonds. The third-order valence-electron chi connectivity index (χ3n) is 3.66. The largest absolute Gasteiger partial charge is 0.366 e. The van der Waals surface area contributed by atoms with Crippen molar-refractivity contribution < 1.29 is 9.59 Å². The summed E-state index contributed by atoms with van der Waals surface area (Å²) in [5.74, 6) is -0.771. The van der Waals surface area contributed by atoms with Gasteiger partial charge in [-0.1, -0.05) is 54.6 Å². The number of primary amides is 1. The van der Waals surface area contributed by atoms with Gasteiger partial charge in [-0.2, -0.15) is 0 Å². The van der Waals surface area contributed by atoms with E-state index in [1.54, 1.807) is 30.3 Å². The molecule has 0 heterocycles. The van der Waals surface area contributed by atoms with Gasteiger partial charge in [0.15, 0.2) is 0 Å². The van der Waals surface area contributed by atoms with Crippen LogP contribution in [0.15, 0.2) is 78.9 Å². The van der Waals surface area contributed by atoms with Gasteiger partial charge in [-0.3, -0.25) is 9.59 Å². The molecule has 0 aliphatic rings. The molecule has 0 fully saturated rings. The Balaban J connectivity index is 1.92. The van der Waals surface area contributed by atoms with Crippen LogP contribution in [0.2, 0.25) is 0 Å². The number of hydrogen-bond donors (Lipinski definition) is 2. The van der Waals surface area contributed by atoms with E-state index >= 15 is 0 Å². The summed E-state index contributed by atoms with van der Waals surface area (Å²) < 4.78 is 0. The SMILES string of the molecule is NC(=O)c1cccc(NC(=O)c2ccccc2-c2ccccc2)c1. The van der Waals surface area contributed by atoms with Crippen LogP contribution >= 0.6 is 0 Å². The minimum atomic E-state index is -0.532. The molecule has 118 valence electrons. The maximum atomic E-state index is 12.7. The first-order valence-corrected chi connectivity index (χ1v) is 7.51. The number of hydrogen-bond acceptors (Lipinski definition) is 2. The van der Waals surface area contributed by atoms with Gasteiger partial charge in [-0.25, -0.2) is 0 Å². The summed E-state index contributed by atoms with van der Waals surface area (Å²) >= 11 is 0. The molecule has 0 aliphatic heterocycles. The minimum absolute atomic E-state index is 0.240. The number of benzene rings is 3. The zero-order valence-corrected chi connectivity index (χ0v) is 12.9. The molecule has 0 spiro atoms. The lowest BCUT2D eigenvalue weighted by Gasteiger charge is -2.11. The molecule has 0 atom stereocenters. The molecule has 0 unspecified atom stereocenters. The van der Waals surface area contributed by atoms with Crippen molar-refractivity contribution in [2.24, 2.45) is 5.73 Å². The molecule has 24 heavy (non-hydrogen) atoms. The Bertz CT molecular complexity index is 889. The number of rotatable bonds is 4. The van der Waals surface area contributed by atoms with Crippen LogP contribution in [-0.4, -0.2) is 11.8 Å². The van der Waals surface area contributed by atoms with Crippen LogP contribution in [0, 0.1) is 0 Å². The van der Waals surface area contributed by atoms with E-state index in [9.17, 15) is 9.59 Å². The van der Waals surface area contributed by atoms with E-state index in [0.717, 1.165) is 11.1 Å². The van der Waals surface area contributed by atoms with Crippen molar-refractivity contribution in [1.82, 2.24) is 0 Å². The van der Waals surface area contributed by atoms with Gasteiger partial charge in [-0.15, -0.1) is 0 Å². The Morgan fingerprint density at radius 2 is 1.50 bits per heavy atom. The zero-order valence-electron chi connectivity index (χ0n) is 12.9. The highest BCUT2D eigenvalue weighted by Gasteiger charge is 2.13. The van der Waals surface area contributed by atoms with E-state index in [1.807, 2.05) is 48.5 Å². The molecule has 4 heteroatoms. The maximum absolute atomic E-state index is 12.7. The van der Waals surface area contributed by atoms with E-state index in [0.29, 0.717) is 16.8 Å². The standard InChI is InChI=1S/C20H16N2O2/c21-19(23)15-9-6-10-16(13-15)22-20(24)18-12-5-4-11-17(18)14-7-2-1-3-8-14/h1-13H,(H2,21,23)(H,22,24). The van der Waals surface area contributed by atoms with E-state index in [1.165, 1.54) is 0 Å². The number of carbonyl (C=O) groups is 2. The predicted octanol–water partition coefficient (Wildman–Crippen LogP) is 3.70. The molecule has 0 saturated heterocycles. The van der Waals surface area contributed by atoms with Crippen molar-refractivity contribution in [2.75, 3.05) is 5.32 Å². The Kier molecular flexibility index (Phi) is 4.38. The summed E-state index contributed by atoms with van der Waals surface area (Å²) in [7, 11) is 0. The summed E-state index contributed by atoms with van der Waals surface area (Å²) in [6.07, 6.45) is 0. The summed E-state index contributed by atoms with van der Waals surface area (Å²) in [5, 5.41) is 2.82. The second kappa shape index (κ2) is 6.79. The highest BCUT2D eigenvalue weighted by atomic mass is 16.2. The second-order valence-electron chi connectivity index (χ2n) is 5.31. The third-order valence-corrected chi connectivity index (χ3v) is 3.66. The summed E-state index contributed by atoms with van der Waals surface area (Å²) in [5.41, 5.74) is 8.53. The van der Waals surface area contributed by atoms with Gasteiger partial charge in [-0.05, 0) is 35.4 Å². The van der Waals surface area contributed by atoms with Crippen LogP contribution in [0.25, 0.3) is 11.1 Å². The van der Waals surface area contributed by atoms with E-state index < -0.39 is 5.91 Å². The predicted molar refractivity (Wildman–Crippen MR) is 94.8 cm³/mol. The summed E-state index contributed by atoms with van der Waals surface area (Å²) in [6, 6.07) is 23.7. The molecule has 3 aromatic rings. The molecule has 3 aromatic carbocycles.